The summed E-state index contributed by atoms with van der Waals surface area (Å²) in [7, 11) is 0. The van der Waals surface area contributed by atoms with Gasteiger partial charge in [-0.15, -0.1) is 0 Å². The molecule has 3 rings (SSSR count). The van der Waals surface area contributed by atoms with Gasteiger partial charge in [-0.3, -0.25) is 4.79 Å². The minimum atomic E-state index is -0.328. The number of rotatable bonds is 6. The number of benzene rings is 1. The maximum Gasteiger partial charge on any atom is 0.222 e. The van der Waals surface area contributed by atoms with E-state index in [4.69, 9.17) is 16.3 Å². The fourth-order valence-corrected chi connectivity index (χ4v) is 3.05. The molecule has 0 atom stereocenters. The van der Waals surface area contributed by atoms with Crippen LogP contribution < -0.4 is 9.64 Å². The molecule has 0 spiro atoms. The average Bonchev–Trinajstić information content (AvgIpc) is 2.65. The molecule has 0 saturated carbocycles. The van der Waals surface area contributed by atoms with Gasteiger partial charge in [0.1, 0.15) is 22.5 Å². The van der Waals surface area contributed by atoms with Crippen molar-refractivity contribution in [3.63, 3.8) is 0 Å². The van der Waals surface area contributed by atoms with Crippen LogP contribution in [0.5, 0.6) is 5.75 Å². The number of ether oxygens (including phenoxy) is 1. The quantitative estimate of drug-likeness (QED) is 0.572. The number of pyridine rings is 1. The topological polar surface area (TPSA) is 45.7 Å². The van der Waals surface area contributed by atoms with Crippen molar-refractivity contribution in [1.82, 2.24) is 9.88 Å². The van der Waals surface area contributed by atoms with Gasteiger partial charge < -0.3 is 14.5 Å². The van der Waals surface area contributed by atoms with Crippen LogP contribution in [0.4, 0.5) is 10.2 Å². The number of carbonyl (C=O) groups excluding carboxylic acids is 1. The Labute approximate surface area is 157 Å². The van der Waals surface area contributed by atoms with Gasteiger partial charge in [0.25, 0.3) is 0 Å². The van der Waals surface area contributed by atoms with Crippen molar-refractivity contribution >= 4 is 23.3 Å². The molecule has 138 valence electrons. The predicted octanol–water partition coefficient (Wildman–Crippen LogP) is 3.38. The number of halogens is 2. The van der Waals surface area contributed by atoms with Crippen LogP contribution in [0.1, 0.15) is 12.8 Å². The molecule has 2 heterocycles. The van der Waals surface area contributed by atoms with Gasteiger partial charge >= 0.3 is 0 Å². The number of anilines is 1. The number of aromatic nitrogens is 1. The average molecular weight is 378 g/mol. The Morgan fingerprint density at radius 1 is 1.15 bits per heavy atom. The van der Waals surface area contributed by atoms with Crippen molar-refractivity contribution in [3.8, 4) is 5.75 Å². The van der Waals surface area contributed by atoms with Gasteiger partial charge in [0, 0.05) is 38.7 Å². The van der Waals surface area contributed by atoms with Gasteiger partial charge in [0.15, 0.2) is 0 Å². The van der Waals surface area contributed by atoms with E-state index >= 15 is 0 Å². The Balaban J connectivity index is 1.38. The molecule has 7 heteroatoms. The van der Waals surface area contributed by atoms with Crippen LogP contribution in [-0.2, 0) is 4.79 Å². The van der Waals surface area contributed by atoms with E-state index in [9.17, 15) is 9.18 Å². The van der Waals surface area contributed by atoms with Crippen LogP contribution in [0.15, 0.2) is 42.5 Å². The number of amides is 1. The highest BCUT2D eigenvalue weighted by atomic mass is 35.5. The van der Waals surface area contributed by atoms with Gasteiger partial charge in [-0.05, 0) is 30.7 Å². The Hall–Kier alpha value is -2.34. The first-order valence-electron chi connectivity index (χ1n) is 8.65. The van der Waals surface area contributed by atoms with Crippen LogP contribution in [0.2, 0.25) is 5.15 Å². The Morgan fingerprint density at radius 2 is 1.92 bits per heavy atom. The fourth-order valence-electron chi connectivity index (χ4n) is 2.89. The van der Waals surface area contributed by atoms with Crippen molar-refractivity contribution in [2.45, 2.75) is 12.8 Å². The molecule has 5 nitrogen and oxygen atoms in total. The van der Waals surface area contributed by atoms with Gasteiger partial charge in [0.2, 0.25) is 5.91 Å². The van der Waals surface area contributed by atoms with E-state index in [1.165, 1.54) is 12.1 Å². The lowest BCUT2D eigenvalue weighted by Gasteiger charge is -2.35. The smallest absolute Gasteiger partial charge is 0.222 e. The van der Waals surface area contributed by atoms with Gasteiger partial charge in [-0.2, -0.15) is 0 Å². The van der Waals surface area contributed by atoms with Crippen LogP contribution in [0.3, 0.4) is 0 Å². The molecule has 1 fully saturated rings. The molecule has 1 aliphatic rings. The molecule has 1 aromatic heterocycles. The minimum absolute atomic E-state index is 0.117. The Bertz CT molecular complexity index is 751. The van der Waals surface area contributed by atoms with Gasteiger partial charge in [-0.25, -0.2) is 9.37 Å². The lowest BCUT2D eigenvalue weighted by atomic mass is 10.2. The molecule has 1 aromatic carbocycles. The third-order valence-corrected chi connectivity index (χ3v) is 4.47. The zero-order valence-electron chi connectivity index (χ0n) is 14.4. The summed E-state index contributed by atoms with van der Waals surface area (Å²) in [5.74, 6) is 1.12. The summed E-state index contributed by atoms with van der Waals surface area (Å²) in [6, 6.07) is 11.6. The van der Waals surface area contributed by atoms with E-state index in [0.29, 0.717) is 43.4 Å². The molecule has 0 N–H and O–H groups in total. The van der Waals surface area contributed by atoms with Crippen LogP contribution in [0, 0.1) is 5.82 Å². The maximum atomic E-state index is 13.1. The lowest BCUT2D eigenvalue weighted by molar-refractivity contribution is -0.131. The van der Waals surface area contributed by atoms with Crippen molar-refractivity contribution in [3.05, 3.63) is 53.4 Å². The summed E-state index contributed by atoms with van der Waals surface area (Å²) in [5, 5.41) is 0.472. The monoisotopic (exact) mass is 377 g/mol. The maximum absolute atomic E-state index is 13.1. The number of hydrogen-bond donors (Lipinski definition) is 0. The summed E-state index contributed by atoms with van der Waals surface area (Å²) in [6.45, 7) is 3.19. The summed E-state index contributed by atoms with van der Waals surface area (Å²) in [6.07, 6.45) is 1.02. The standard InChI is InChI=1S/C19H21ClFN3O2/c20-17-6-2-7-18(22-17)23-9-11-24(12-10-23)19(25)8-3-13-26-16-5-1-4-15(21)14-16/h1-2,4-7,14H,3,8-13H2. The third kappa shape index (κ3) is 5.08. The molecule has 26 heavy (non-hydrogen) atoms. The summed E-state index contributed by atoms with van der Waals surface area (Å²) in [4.78, 5) is 20.6. The molecule has 1 saturated heterocycles. The van der Waals surface area contributed by atoms with E-state index in [1.807, 2.05) is 17.0 Å². The van der Waals surface area contributed by atoms with Crippen LogP contribution >= 0.6 is 11.6 Å². The molecule has 1 amide bonds. The first kappa shape index (κ1) is 18.5. The minimum Gasteiger partial charge on any atom is -0.493 e. The second-order valence-electron chi connectivity index (χ2n) is 6.10. The van der Waals surface area contributed by atoms with E-state index in [-0.39, 0.29) is 11.7 Å². The highest BCUT2D eigenvalue weighted by Gasteiger charge is 2.21. The molecule has 1 aliphatic heterocycles. The highest BCUT2D eigenvalue weighted by Crippen LogP contribution is 2.17. The summed E-state index contributed by atoms with van der Waals surface area (Å²) in [5.41, 5.74) is 0. The van der Waals surface area contributed by atoms with Gasteiger partial charge in [-0.1, -0.05) is 23.7 Å². The number of hydrogen-bond acceptors (Lipinski definition) is 4. The summed E-state index contributed by atoms with van der Waals surface area (Å²) >= 11 is 5.93. The van der Waals surface area contributed by atoms with E-state index in [2.05, 4.69) is 9.88 Å². The molecule has 2 aromatic rings. The highest BCUT2D eigenvalue weighted by molar-refractivity contribution is 6.29. The van der Waals surface area contributed by atoms with Crippen molar-refractivity contribution in [1.29, 1.82) is 0 Å². The molecule has 0 unspecified atom stereocenters. The zero-order valence-corrected chi connectivity index (χ0v) is 15.2. The predicted molar refractivity (Wildman–Crippen MR) is 99.2 cm³/mol. The molecular formula is C19H21ClFN3O2. The second-order valence-corrected chi connectivity index (χ2v) is 6.48. The first-order valence-corrected chi connectivity index (χ1v) is 9.03. The van der Waals surface area contributed by atoms with Crippen molar-refractivity contribution in [2.24, 2.45) is 0 Å². The normalized spacial score (nSPS) is 14.4. The third-order valence-electron chi connectivity index (χ3n) is 4.26. The SMILES string of the molecule is O=C(CCCOc1cccc(F)c1)N1CCN(c2cccc(Cl)n2)CC1. The van der Waals surface area contributed by atoms with Crippen LogP contribution in [-0.4, -0.2) is 48.6 Å². The molecule has 0 aliphatic carbocycles. The van der Waals surface area contributed by atoms with E-state index < -0.39 is 0 Å². The molecular weight excluding hydrogens is 357 g/mol. The molecule has 0 radical (unpaired) electrons. The van der Waals surface area contributed by atoms with E-state index in [1.54, 1.807) is 18.2 Å². The lowest BCUT2D eigenvalue weighted by Crippen LogP contribution is -2.49. The van der Waals surface area contributed by atoms with E-state index in [0.717, 1.165) is 18.9 Å². The zero-order chi connectivity index (χ0) is 18.4. The number of carbonyl (C=O) groups is 1. The Morgan fingerprint density at radius 3 is 2.65 bits per heavy atom. The van der Waals surface area contributed by atoms with Gasteiger partial charge in [0.05, 0.1) is 6.61 Å². The number of nitrogens with zero attached hydrogens (tertiary/aromatic N) is 3. The van der Waals surface area contributed by atoms with Crippen LogP contribution in [0.25, 0.3) is 0 Å². The number of piperazine rings is 1. The summed E-state index contributed by atoms with van der Waals surface area (Å²) < 4.78 is 18.5. The first-order chi connectivity index (χ1) is 12.6. The fraction of sp³-hybridized carbons (Fsp3) is 0.368. The second kappa shape index (κ2) is 8.85. The molecule has 0 bridgehead atoms. The Kier molecular flexibility index (Phi) is 6.28. The van der Waals surface area contributed by atoms with Crippen molar-refractivity contribution in [2.75, 3.05) is 37.7 Å². The largest absolute Gasteiger partial charge is 0.493 e. The van der Waals surface area contributed by atoms with Crippen molar-refractivity contribution < 1.29 is 13.9 Å².